The van der Waals surface area contributed by atoms with Gasteiger partial charge in [0.15, 0.2) is 0 Å². The van der Waals surface area contributed by atoms with Crippen LogP contribution in [0.5, 0.6) is 0 Å². The topological polar surface area (TPSA) is 42.7 Å². The molecule has 0 saturated heterocycles. The van der Waals surface area contributed by atoms with Crippen molar-refractivity contribution in [2.45, 2.75) is 19.8 Å². The first-order valence-corrected chi connectivity index (χ1v) is 6.61. The molecule has 0 saturated carbocycles. The van der Waals surface area contributed by atoms with E-state index in [-0.39, 0.29) is 0 Å². The lowest BCUT2D eigenvalue weighted by Crippen LogP contribution is -2.20. The molecule has 1 N–H and O–H groups in total. The molecule has 0 aliphatic carbocycles. The third-order valence-electron chi connectivity index (χ3n) is 2.18. The summed E-state index contributed by atoms with van der Waals surface area (Å²) >= 11 is 2.00. The summed E-state index contributed by atoms with van der Waals surface area (Å²) in [5.41, 5.74) is 0. The van der Waals surface area contributed by atoms with Gasteiger partial charge in [0.2, 0.25) is 0 Å². The van der Waals surface area contributed by atoms with Gasteiger partial charge in [-0.15, -0.1) is 10.2 Å². The van der Waals surface area contributed by atoms with Crippen LogP contribution >= 0.6 is 11.8 Å². The van der Waals surface area contributed by atoms with Gasteiger partial charge in [0.05, 0.1) is 0 Å². The predicted molar refractivity (Wildman–Crippen MR) is 65.2 cm³/mol. The second-order valence-corrected chi connectivity index (χ2v) is 4.80. The molecule has 0 fully saturated rings. The van der Waals surface area contributed by atoms with E-state index >= 15 is 0 Å². The second-order valence-electron chi connectivity index (χ2n) is 3.41. The minimum atomic E-state index is 0.956. The van der Waals surface area contributed by atoms with E-state index in [0.29, 0.717) is 0 Å². The first-order chi connectivity index (χ1) is 7.34. The number of aryl methyl sites for hydroxylation is 1. The molecule has 86 valence electrons. The molecule has 1 aromatic rings. The Balaban J connectivity index is 1.96. The summed E-state index contributed by atoms with van der Waals surface area (Å²) in [4.78, 5) is 0. The highest BCUT2D eigenvalue weighted by molar-refractivity contribution is 7.99. The second kappa shape index (κ2) is 7.70. The Morgan fingerprint density at radius 2 is 2.33 bits per heavy atom. The lowest BCUT2D eigenvalue weighted by molar-refractivity contribution is 0.647. The van der Waals surface area contributed by atoms with Gasteiger partial charge in [-0.1, -0.05) is 6.92 Å². The van der Waals surface area contributed by atoms with Crippen LogP contribution in [0.25, 0.3) is 0 Å². The van der Waals surface area contributed by atoms with Gasteiger partial charge in [0.1, 0.15) is 12.2 Å². The van der Waals surface area contributed by atoms with Gasteiger partial charge in [0.25, 0.3) is 0 Å². The molecule has 0 radical (unpaired) electrons. The maximum Gasteiger partial charge on any atom is 0.133 e. The van der Waals surface area contributed by atoms with Crippen molar-refractivity contribution in [1.82, 2.24) is 20.1 Å². The van der Waals surface area contributed by atoms with Gasteiger partial charge in [-0.2, -0.15) is 11.8 Å². The van der Waals surface area contributed by atoms with Crippen LogP contribution in [0.15, 0.2) is 6.33 Å². The highest BCUT2D eigenvalue weighted by Gasteiger charge is 1.98. The number of hydrogen-bond donors (Lipinski definition) is 1. The van der Waals surface area contributed by atoms with Crippen molar-refractivity contribution in [3.8, 4) is 0 Å². The first-order valence-electron chi connectivity index (χ1n) is 5.46. The molecule has 1 aromatic heterocycles. The lowest BCUT2D eigenvalue weighted by Gasteiger charge is -2.03. The van der Waals surface area contributed by atoms with E-state index in [1.165, 1.54) is 17.9 Å². The van der Waals surface area contributed by atoms with Crippen molar-refractivity contribution in [2.24, 2.45) is 7.05 Å². The van der Waals surface area contributed by atoms with Crippen molar-refractivity contribution in [2.75, 3.05) is 24.6 Å². The first kappa shape index (κ1) is 12.5. The number of nitrogens with zero attached hydrogens (tertiary/aromatic N) is 3. The summed E-state index contributed by atoms with van der Waals surface area (Å²) in [5, 5.41) is 11.3. The van der Waals surface area contributed by atoms with Crippen molar-refractivity contribution in [1.29, 1.82) is 0 Å². The summed E-state index contributed by atoms with van der Waals surface area (Å²) in [6.45, 7) is 4.29. The Bertz CT molecular complexity index is 262. The van der Waals surface area contributed by atoms with E-state index < -0.39 is 0 Å². The molecule has 0 aliphatic rings. The molecule has 0 aliphatic heterocycles. The van der Waals surface area contributed by atoms with E-state index in [9.17, 15) is 0 Å². The standard InChI is InChI=1S/C10H20N4S/c1-3-15-8-4-6-11-7-5-10-13-12-9-14(10)2/h9,11H,3-8H2,1-2H3. The van der Waals surface area contributed by atoms with Crippen LogP contribution in [0.3, 0.4) is 0 Å². The zero-order valence-corrected chi connectivity index (χ0v) is 10.4. The molecule has 0 aromatic carbocycles. The molecular formula is C10H20N4S. The smallest absolute Gasteiger partial charge is 0.133 e. The fourth-order valence-electron chi connectivity index (χ4n) is 1.30. The predicted octanol–water partition coefficient (Wildman–Crippen LogP) is 1.09. The fourth-order valence-corrected chi connectivity index (χ4v) is 1.94. The van der Waals surface area contributed by atoms with E-state index in [2.05, 4.69) is 22.4 Å². The van der Waals surface area contributed by atoms with Crippen molar-refractivity contribution < 1.29 is 0 Å². The van der Waals surface area contributed by atoms with Gasteiger partial charge in [-0.05, 0) is 24.5 Å². The van der Waals surface area contributed by atoms with Gasteiger partial charge < -0.3 is 9.88 Å². The molecule has 0 unspecified atom stereocenters. The number of nitrogens with one attached hydrogen (secondary N) is 1. The van der Waals surface area contributed by atoms with Crippen LogP contribution in [-0.2, 0) is 13.5 Å². The van der Waals surface area contributed by atoms with E-state index in [1.54, 1.807) is 6.33 Å². The monoisotopic (exact) mass is 228 g/mol. The van der Waals surface area contributed by atoms with Crippen LogP contribution in [0, 0.1) is 0 Å². The summed E-state index contributed by atoms with van der Waals surface area (Å²) in [6.07, 6.45) is 3.95. The summed E-state index contributed by atoms with van der Waals surface area (Å²) in [6, 6.07) is 0. The van der Waals surface area contributed by atoms with E-state index in [1.807, 2.05) is 23.4 Å². The van der Waals surface area contributed by atoms with Crippen molar-refractivity contribution in [3.05, 3.63) is 12.2 Å². The molecule has 0 bridgehead atoms. The molecule has 5 heteroatoms. The number of hydrogen-bond acceptors (Lipinski definition) is 4. The summed E-state index contributed by atoms with van der Waals surface area (Å²) in [7, 11) is 1.98. The third kappa shape index (κ3) is 5.18. The van der Waals surface area contributed by atoms with Gasteiger partial charge >= 0.3 is 0 Å². The third-order valence-corrected chi connectivity index (χ3v) is 3.16. The van der Waals surface area contributed by atoms with Crippen molar-refractivity contribution in [3.63, 3.8) is 0 Å². The number of aromatic nitrogens is 3. The van der Waals surface area contributed by atoms with E-state index in [4.69, 9.17) is 0 Å². The molecule has 1 rings (SSSR count). The van der Waals surface area contributed by atoms with Crippen LogP contribution in [0.4, 0.5) is 0 Å². The SMILES string of the molecule is CCSCCCNCCc1nncn1C. The molecule has 4 nitrogen and oxygen atoms in total. The van der Waals surface area contributed by atoms with Crippen LogP contribution < -0.4 is 5.32 Å². The zero-order valence-electron chi connectivity index (χ0n) is 9.57. The maximum atomic E-state index is 4.03. The van der Waals surface area contributed by atoms with Gasteiger partial charge in [-0.3, -0.25) is 0 Å². The molecule has 15 heavy (non-hydrogen) atoms. The van der Waals surface area contributed by atoms with Gasteiger partial charge in [0, 0.05) is 20.0 Å². The fraction of sp³-hybridized carbons (Fsp3) is 0.800. The number of thioether (sulfide) groups is 1. The Hall–Kier alpha value is -0.550. The average molecular weight is 228 g/mol. The Morgan fingerprint density at radius 3 is 3.00 bits per heavy atom. The van der Waals surface area contributed by atoms with Crippen LogP contribution in [0.1, 0.15) is 19.2 Å². The van der Waals surface area contributed by atoms with E-state index in [0.717, 1.165) is 25.3 Å². The normalized spacial score (nSPS) is 10.8. The highest BCUT2D eigenvalue weighted by atomic mass is 32.2. The quantitative estimate of drug-likeness (QED) is 0.676. The summed E-state index contributed by atoms with van der Waals surface area (Å²) in [5.74, 6) is 3.53. The molecule has 1 heterocycles. The molecule has 0 amide bonds. The molecular weight excluding hydrogens is 208 g/mol. The van der Waals surface area contributed by atoms with Crippen molar-refractivity contribution >= 4 is 11.8 Å². The lowest BCUT2D eigenvalue weighted by atomic mass is 10.4. The highest BCUT2D eigenvalue weighted by Crippen LogP contribution is 1.99. The Kier molecular flexibility index (Phi) is 6.43. The maximum absolute atomic E-state index is 4.03. The summed E-state index contributed by atoms with van der Waals surface area (Å²) < 4.78 is 1.97. The molecule has 0 atom stereocenters. The van der Waals surface area contributed by atoms with Gasteiger partial charge in [-0.25, -0.2) is 0 Å². The zero-order chi connectivity index (χ0) is 10.9. The minimum Gasteiger partial charge on any atom is -0.321 e. The largest absolute Gasteiger partial charge is 0.321 e. The Labute approximate surface area is 95.9 Å². The van der Waals surface area contributed by atoms with Crippen LogP contribution in [-0.4, -0.2) is 39.4 Å². The minimum absolute atomic E-state index is 0.956. The Morgan fingerprint density at radius 1 is 1.47 bits per heavy atom. The average Bonchev–Trinajstić information content (AvgIpc) is 2.63. The number of rotatable bonds is 8. The molecule has 0 spiro atoms. The van der Waals surface area contributed by atoms with Crippen LogP contribution in [0.2, 0.25) is 0 Å².